The molecule has 0 aromatic heterocycles. The van der Waals surface area contributed by atoms with Gasteiger partial charge in [-0.2, -0.15) is 0 Å². The number of esters is 1. The number of para-hydroxylation sites is 4. The van der Waals surface area contributed by atoms with Crippen LogP contribution < -0.4 is 25.0 Å². The number of nitrogens with zero attached hydrogens (tertiary/aromatic N) is 4. The van der Waals surface area contributed by atoms with Crippen LogP contribution in [0.4, 0.5) is 21.9 Å². The molecule has 0 saturated heterocycles. The van der Waals surface area contributed by atoms with Gasteiger partial charge in [-0.25, -0.2) is 14.6 Å². The summed E-state index contributed by atoms with van der Waals surface area (Å²) in [4.78, 5) is 50.2. The van der Waals surface area contributed by atoms with Gasteiger partial charge in [0.05, 0.1) is 12.3 Å². The Kier molecular flexibility index (Phi) is 12.5. The molecular formula is C43H44N6O5. The van der Waals surface area contributed by atoms with E-state index in [1.165, 1.54) is 0 Å². The molecule has 5 aromatic carbocycles. The standard InChI is InChI=1S/C43H44N6O5/c1-47(2)36-23-12-13-24-37(36)54-40(51)31-49-30-34-20-14-25-38(41(34)45-42(49)46-43(52)44-35-21-10-5-11-22-35)53-27-15-26-39(50)48(28-32-16-6-3-7-17-32)29-33-18-8-4-9-19-33/h3-14,16-25H,15,26-31H2,1-2H3,(H2,44,45,46,52). The van der Waals surface area contributed by atoms with Crippen LogP contribution in [0.2, 0.25) is 0 Å². The van der Waals surface area contributed by atoms with E-state index in [0.717, 1.165) is 22.4 Å². The molecule has 1 aliphatic heterocycles. The van der Waals surface area contributed by atoms with E-state index in [-0.39, 0.29) is 31.6 Å². The van der Waals surface area contributed by atoms with Gasteiger partial charge in [0, 0.05) is 51.4 Å². The molecule has 1 heterocycles. The van der Waals surface area contributed by atoms with Crippen molar-refractivity contribution in [1.29, 1.82) is 0 Å². The molecule has 11 nitrogen and oxygen atoms in total. The topological polar surface area (TPSA) is 116 Å². The second-order valence-corrected chi connectivity index (χ2v) is 13.0. The second kappa shape index (κ2) is 18.2. The minimum Gasteiger partial charge on any atom is -0.491 e. The van der Waals surface area contributed by atoms with E-state index in [9.17, 15) is 14.4 Å². The lowest BCUT2D eigenvalue weighted by Gasteiger charge is -2.30. The van der Waals surface area contributed by atoms with Crippen LogP contribution >= 0.6 is 0 Å². The van der Waals surface area contributed by atoms with Crippen molar-refractivity contribution in [2.75, 3.05) is 37.5 Å². The third kappa shape index (κ3) is 10.3. The number of amides is 3. The molecule has 2 N–H and O–H groups in total. The van der Waals surface area contributed by atoms with Gasteiger partial charge in [-0.05, 0) is 47.9 Å². The molecule has 0 bridgehead atoms. The van der Waals surface area contributed by atoms with Crippen LogP contribution in [0.1, 0.15) is 29.5 Å². The molecule has 276 valence electrons. The molecule has 0 spiro atoms. The number of ether oxygens (including phenoxy) is 2. The summed E-state index contributed by atoms with van der Waals surface area (Å²) >= 11 is 0. The molecule has 0 saturated carbocycles. The second-order valence-electron chi connectivity index (χ2n) is 13.0. The highest BCUT2D eigenvalue weighted by molar-refractivity contribution is 6.04. The molecule has 0 aliphatic carbocycles. The summed E-state index contributed by atoms with van der Waals surface area (Å²) in [6, 6.07) is 41.3. The van der Waals surface area contributed by atoms with Crippen molar-refractivity contribution in [3.05, 3.63) is 150 Å². The Bertz CT molecular complexity index is 2020. The first kappa shape index (κ1) is 37.1. The van der Waals surface area contributed by atoms with Crippen LogP contribution in [-0.4, -0.2) is 60.9 Å². The summed E-state index contributed by atoms with van der Waals surface area (Å²) in [5, 5.41) is 5.63. The average Bonchev–Trinajstić information content (AvgIpc) is 3.18. The molecule has 1 aliphatic rings. The van der Waals surface area contributed by atoms with Crippen LogP contribution in [-0.2, 0) is 29.2 Å². The van der Waals surface area contributed by atoms with Crippen LogP contribution in [0.5, 0.6) is 11.5 Å². The van der Waals surface area contributed by atoms with E-state index in [0.29, 0.717) is 48.8 Å². The Labute approximate surface area is 315 Å². The minimum absolute atomic E-state index is 0.0334. The maximum Gasteiger partial charge on any atom is 0.331 e. The van der Waals surface area contributed by atoms with E-state index < -0.39 is 12.0 Å². The third-order valence-corrected chi connectivity index (χ3v) is 8.69. The number of fused-ring (bicyclic) bond motifs is 1. The highest BCUT2D eigenvalue weighted by Crippen LogP contribution is 2.36. The largest absolute Gasteiger partial charge is 0.491 e. The Balaban J connectivity index is 1.14. The SMILES string of the molecule is CN(C)c1ccccc1OC(=O)CN1Cc2cccc(OCCCC(=O)N(Cc3ccccc3)Cc3ccccc3)c2N=C1NC(=O)Nc1ccccc1. The first-order valence-corrected chi connectivity index (χ1v) is 17.9. The third-order valence-electron chi connectivity index (χ3n) is 8.69. The van der Waals surface area contributed by atoms with Gasteiger partial charge in [-0.3, -0.25) is 10.1 Å². The smallest absolute Gasteiger partial charge is 0.331 e. The van der Waals surface area contributed by atoms with Crippen LogP contribution in [0.25, 0.3) is 0 Å². The zero-order valence-electron chi connectivity index (χ0n) is 30.5. The fourth-order valence-corrected chi connectivity index (χ4v) is 6.05. The number of benzene rings is 5. The first-order chi connectivity index (χ1) is 26.3. The normalized spacial score (nSPS) is 11.8. The molecule has 5 aromatic rings. The van der Waals surface area contributed by atoms with Crippen molar-refractivity contribution in [2.45, 2.75) is 32.5 Å². The number of urea groups is 1. The lowest BCUT2D eigenvalue weighted by Crippen LogP contribution is -2.48. The molecule has 0 fully saturated rings. The van der Waals surface area contributed by atoms with Gasteiger partial charge < -0.3 is 29.5 Å². The molecule has 11 heteroatoms. The Morgan fingerprint density at radius 1 is 0.722 bits per heavy atom. The van der Waals surface area contributed by atoms with E-state index in [4.69, 9.17) is 14.5 Å². The van der Waals surface area contributed by atoms with Crippen LogP contribution in [0.3, 0.4) is 0 Å². The number of guanidine groups is 1. The van der Waals surface area contributed by atoms with Crippen molar-refractivity contribution >= 4 is 40.9 Å². The van der Waals surface area contributed by atoms with Gasteiger partial charge in [-0.1, -0.05) is 103 Å². The molecule has 3 amide bonds. The van der Waals surface area contributed by atoms with Crippen molar-refractivity contribution in [3.63, 3.8) is 0 Å². The van der Waals surface area contributed by atoms with Gasteiger partial charge in [0.2, 0.25) is 11.9 Å². The predicted octanol–water partition coefficient (Wildman–Crippen LogP) is 7.37. The summed E-state index contributed by atoms with van der Waals surface area (Å²) < 4.78 is 12.0. The summed E-state index contributed by atoms with van der Waals surface area (Å²) in [5.74, 6) is 0.616. The monoisotopic (exact) mass is 724 g/mol. The maximum atomic E-state index is 13.5. The Hall–Kier alpha value is -6.62. The minimum atomic E-state index is -0.521. The molecule has 0 radical (unpaired) electrons. The number of hydrogen-bond donors (Lipinski definition) is 2. The number of rotatable bonds is 14. The Morgan fingerprint density at radius 3 is 2.00 bits per heavy atom. The predicted molar refractivity (Wildman–Crippen MR) is 211 cm³/mol. The molecule has 0 atom stereocenters. The fraction of sp³-hybridized carbons (Fsp3) is 0.209. The fourth-order valence-electron chi connectivity index (χ4n) is 6.05. The molecule has 54 heavy (non-hydrogen) atoms. The van der Waals surface area contributed by atoms with Crippen molar-refractivity contribution < 1.29 is 23.9 Å². The summed E-state index contributed by atoms with van der Waals surface area (Å²) in [5.41, 5.74) is 4.83. The lowest BCUT2D eigenvalue weighted by atomic mass is 10.1. The summed E-state index contributed by atoms with van der Waals surface area (Å²) in [7, 11) is 3.75. The van der Waals surface area contributed by atoms with Crippen molar-refractivity contribution in [2.24, 2.45) is 4.99 Å². The number of carbonyl (C=O) groups excluding carboxylic acids is 3. The van der Waals surface area contributed by atoms with Crippen LogP contribution in [0, 0.1) is 0 Å². The number of anilines is 2. The first-order valence-electron chi connectivity index (χ1n) is 17.9. The highest BCUT2D eigenvalue weighted by Gasteiger charge is 2.27. The van der Waals surface area contributed by atoms with Gasteiger partial charge in [0.15, 0.2) is 5.75 Å². The number of aliphatic imine (C=N–C) groups is 1. The summed E-state index contributed by atoms with van der Waals surface area (Å²) in [6.45, 7) is 1.38. The number of nitrogens with one attached hydrogen (secondary N) is 2. The van der Waals surface area contributed by atoms with Gasteiger partial charge in [0.1, 0.15) is 18.0 Å². The van der Waals surface area contributed by atoms with Crippen LogP contribution in [0.15, 0.2) is 138 Å². The summed E-state index contributed by atoms with van der Waals surface area (Å²) in [6.07, 6.45) is 0.792. The molecule has 6 rings (SSSR count). The van der Waals surface area contributed by atoms with E-state index >= 15 is 0 Å². The van der Waals surface area contributed by atoms with Crippen molar-refractivity contribution in [1.82, 2.24) is 15.1 Å². The number of carbonyl (C=O) groups is 3. The number of hydrogen-bond acceptors (Lipinski definition) is 8. The Morgan fingerprint density at radius 2 is 1.33 bits per heavy atom. The molecular weight excluding hydrogens is 681 g/mol. The molecule has 0 unspecified atom stereocenters. The van der Waals surface area contributed by atoms with Gasteiger partial charge in [0.25, 0.3) is 0 Å². The lowest BCUT2D eigenvalue weighted by molar-refractivity contribution is -0.135. The van der Waals surface area contributed by atoms with E-state index in [2.05, 4.69) is 10.6 Å². The average molecular weight is 725 g/mol. The van der Waals surface area contributed by atoms with E-state index in [1.807, 2.05) is 133 Å². The highest BCUT2D eigenvalue weighted by atomic mass is 16.5. The maximum absolute atomic E-state index is 13.5. The van der Waals surface area contributed by atoms with Gasteiger partial charge >= 0.3 is 12.0 Å². The zero-order chi connectivity index (χ0) is 37.7. The zero-order valence-corrected chi connectivity index (χ0v) is 30.5. The van der Waals surface area contributed by atoms with E-state index in [1.54, 1.807) is 29.2 Å². The van der Waals surface area contributed by atoms with Crippen molar-refractivity contribution in [3.8, 4) is 11.5 Å². The van der Waals surface area contributed by atoms with Gasteiger partial charge in [-0.15, -0.1) is 0 Å². The quantitative estimate of drug-likeness (QED) is 0.0698.